The first-order valence-corrected chi connectivity index (χ1v) is 31.7. The van der Waals surface area contributed by atoms with Crippen LogP contribution in [0, 0.1) is 0 Å². The van der Waals surface area contributed by atoms with Crippen LogP contribution in [0.4, 0.5) is 0 Å². The van der Waals surface area contributed by atoms with E-state index >= 15 is 0 Å². The first-order valence-electron chi connectivity index (χ1n) is 31.7. The fraction of sp³-hybridized carbons (Fsp3) is 0.877. The second-order valence-corrected chi connectivity index (χ2v) is 21.7. The standard InChI is InChI=1S/C65H123NO5/c1-3-5-7-9-11-13-15-17-19-26-31-35-39-43-47-51-55-59-65(70)71-60-56-52-48-44-40-36-32-28-25-23-21-20-22-24-27-30-34-38-42-46-50-54-58-64(69)66-62(61-67)63(68)57-53-49-45-41-37-33-29-18-16-14-12-10-8-6-4-2/h11,13,17,19,22,24,62-63,67-68H,3-10,12,14-16,18,20-21,23,25-61H2,1-2H3,(H,66,69)/b13-11-,19-17-,24-22-. The summed E-state index contributed by atoms with van der Waals surface area (Å²) in [5.41, 5.74) is 0. The van der Waals surface area contributed by atoms with Gasteiger partial charge in [-0.15, -0.1) is 0 Å². The number of hydrogen-bond acceptors (Lipinski definition) is 5. The van der Waals surface area contributed by atoms with Gasteiger partial charge in [-0.25, -0.2) is 0 Å². The number of carbonyl (C=O) groups excluding carboxylic acids is 2. The Morgan fingerprint density at radius 1 is 0.394 bits per heavy atom. The fourth-order valence-electron chi connectivity index (χ4n) is 9.78. The molecular formula is C65H123NO5. The molecule has 0 aromatic rings. The van der Waals surface area contributed by atoms with Crippen LogP contribution < -0.4 is 5.32 Å². The molecule has 0 spiro atoms. The summed E-state index contributed by atoms with van der Waals surface area (Å²) < 4.78 is 5.49. The van der Waals surface area contributed by atoms with E-state index in [0.717, 1.165) is 51.4 Å². The Morgan fingerprint density at radius 2 is 0.704 bits per heavy atom. The highest BCUT2D eigenvalue weighted by atomic mass is 16.5. The molecule has 0 aromatic carbocycles. The van der Waals surface area contributed by atoms with E-state index < -0.39 is 12.1 Å². The molecule has 0 bridgehead atoms. The molecule has 0 saturated heterocycles. The van der Waals surface area contributed by atoms with Gasteiger partial charge in [0.25, 0.3) is 0 Å². The first kappa shape index (κ1) is 69.1. The topological polar surface area (TPSA) is 95.9 Å². The summed E-state index contributed by atoms with van der Waals surface area (Å²) >= 11 is 0. The third-order valence-electron chi connectivity index (χ3n) is 14.7. The Morgan fingerprint density at radius 3 is 1.11 bits per heavy atom. The molecule has 0 aliphatic rings. The van der Waals surface area contributed by atoms with Gasteiger partial charge in [-0.05, 0) is 83.5 Å². The van der Waals surface area contributed by atoms with Crippen LogP contribution in [0.5, 0.6) is 0 Å². The monoisotopic (exact) mass is 998 g/mol. The lowest BCUT2D eigenvalue weighted by Crippen LogP contribution is -2.45. The number of carbonyl (C=O) groups is 2. The van der Waals surface area contributed by atoms with Crippen molar-refractivity contribution in [1.29, 1.82) is 0 Å². The average molecular weight is 999 g/mol. The molecule has 0 saturated carbocycles. The average Bonchev–Trinajstić information content (AvgIpc) is 3.37. The number of hydrogen-bond donors (Lipinski definition) is 3. The summed E-state index contributed by atoms with van der Waals surface area (Å²) in [7, 11) is 0. The van der Waals surface area contributed by atoms with Crippen LogP contribution >= 0.6 is 0 Å². The number of allylic oxidation sites excluding steroid dienone is 6. The van der Waals surface area contributed by atoms with Gasteiger partial charge in [0.15, 0.2) is 0 Å². The summed E-state index contributed by atoms with van der Waals surface area (Å²) in [4.78, 5) is 24.6. The summed E-state index contributed by atoms with van der Waals surface area (Å²) in [6.07, 6.45) is 75.8. The van der Waals surface area contributed by atoms with E-state index in [-0.39, 0.29) is 18.5 Å². The van der Waals surface area contributed by atoms with Crippen molar-refractivity contribution in [2.45, 2.75) is 353 Å². The second kappa shape index (κ2) is 60.6. The van der Waals surface area contributed by atoms with Crippen molar-refractivity contribution >= 4 is 11.9 Å². The minimum atomic E-state index is -0.669. The third-order valence-corrected chi connectivity index (χ3v) is 14.7. The van der Waals surface area contributed by atoms with E-state index in [2.05, 4.69) is 55.6 Å². The lowest BCUT2D eigenvalue weighted by atomic mass is 10.0. The molecule has 2 unspecified atom stereocenters. The van der Waals surface area contributed by atoms with Crippen LogP contribution in [0.25, 0.3) is 0 Å². The van der Waals surface area contributed by atoms with E-state index in [1.807, 2.05) is 0 Å². The lowest BCUT2D eigenvalue weighted by Gasteiger charge is -2.22. The molecule has 1 amide bonds. The highest BCUT2D eigenvalue weighted by Crippen LogP contribution is 2.17. The van der Waals surface area contributed by atoms with Gasteiger partial charge in [0.2, 0.25) is 5.91 Å². The molecule has 6 heteroatoms. The smallest absolute Gasteiger partial charge is 0.305 e. The van der Waals surface area contributed by atoms with Crippen molar-refractivity contribution in [2.24, 2.45) is 0 Å². The number of unbranched alkanes of at least 4 members (excludes halogenated alkanes) is 42. The molecule has 0 heterocycles. The highest BCUT2D eigenvalue weighted by Gasteiger charge is 2.20. The molecule has 0 aliphatic carbocycles. The van der Waals surface area contributed by atoms with Gasteiger partial charge in [0.05, 0.1) is 25.4 Å². The molecule has 2 atom stereocenters. The van der Waals surface area contributed by atoms with Gasteiger partial charge in [0, 0.05) is 12.8 Å². The maximum atomic E-state index is 12.5. The number of nitrogens with one attached hydrogen (secondary N) is 1. The van der Waals surface area contributed by atoms with Gasteiger partial charge in [-0.3, -0.25) is 9.59 Å². The molecule has 418 valence electrons. The number of aliphatic hydroxyl groups is 2. The Balaban J connectivity index is 3.41. The van der Waals surface area contributed by atoms with Gasteiger partial charge >= 0.3 is 5.97 Å². The van der Waals surface area contributed by atoms with Crippen molar-refractivity contribution in [2.75, 3.05) is 13.2 Å². The molecule has 71 heavy (non-hydrogen) atoms. The summed E-state index contributed by atoms with van der Waals surface area (Å²) in [6, 6.07) is -0.547. The van der Waals surface area contributed by atoms with Gasteiger partial charge < -0.3 is 20.3 Å². The molecule has 3 N–H and O–H groups in total. The number of aliphatic hydroxyl groups excluding tert-OH is 2. The van der Waals surface area contributed by atoms with Crippen LogP contribution in [0.2, 0.25) is 0 Å². The van der Waals surface area contributed by atoms with Crippen molar-refractivity contribution in [3.63, 3.8) is 0 Å². The molecule has 0 aliphatic heterocycles. The van der Waals surface area contributed by atoms with Gasteiger partial charge in [-0.2, -0.15) is 0 Å². The molecule has 0 rings (SSSR count). The minimum Gasteiger partial charge on any atom is -0.466 e. The zero-order valence-corrected chi connectivity index (χ0v) is 47.7. The maximum Gasteiger partial charge on any atom is 0.305 e. The predicted molar refractivity (Wildman–Crippen MR) is 310 cm³/mol. The minimum absolute atomic E-state index is 0.00238. The first-order chi connectivity index (χ1) is 35.0. The number of rotatable bonds is 59. The fourth-order valence-corrected chi connectivity index (χ4v) is 9.78. The summed E-state index contributed by atoms with van der Waals surface area (Å²) in [5, 5.41) is 23.3. The van der Waals surface area contributed by atoms with Crippen molar-refractivity contribution in [1.82, 2.24) is 5.32 Å². The van der Waals surface area contributed by atoms with Crippen LogP contribution in [-0.4, -0.2) is 47.4 Å². The Kier molecular flexibility index (Phi) is 59.0. The summed E-state index contributed by atoms with van der Waals surface area (Å²) in [5.74, 6) is -0.0382. The number of esters is 1. The normalized spacial score (nSPS) is 12.8. The van der Waals surface area contributed by atoms with Crippen molar-refractivity contribution < 1.29 is 24.5 Å². The summed E-state index contributed by atoms with van der Waals surface area (Å²) in [6.45, 7) is 4.93. The molecule has 0 radical (unpaired) electrons. The SMILES string of the molecule is CCCCC/C=C\C/C=C\CCCCCCCCCC(=O)OCCCCCCCCCCCCC/C=C\CCCCCCCCCC(=O)NC(CO)C(O)CCCCCCCCCCCCCCCCC. The predicted octanol–water partition coefficient (Wildman–Crippen LogP) is 20.0. The zero-order chi connectivity index (χ0) is 51.4. The Hall–Kier alpha value is -1.92. The quantitative estimate of drug-likeness (QED) is 0.0321. The van der Waals surface area contributed by atoms with E-state index in [0.29, 0.717) is 25.9 Å². The van der Waals surface area contributed by atoms with Gasteiger partial charge in [0.1, 0.15) is 0 Å². The Labute approximate surface area is 443 Å². The van der Waals surface area contributed by atoms with Crippen LogP contribution in [0.15, 0.2) is 36.5 Å². The lowest BCUT2D eigenvalue weighted by molar-refractivity contribution is -0.143. The van der Waals surface area contributed by atoms with Crippen molar-refractivity contribution in [3.8, 4) is 0 Å². The van der Waals surface area contributed by atoms with Crippen LogP contribution in [0.1, 0.15) is 341 Å². The Bertz CT molecular complexity index is 1150. The van der Waals surface area contributed by atoms with E-state index in [9.17, 15) is 19.8 Å². The van der Waals surface area contributed by atoms with E-state index in [4.69, 9.17) is 4.74 Å². The number of amides is 1. The number of ether oxygens (including phenoxy) is 1. The molecular weight excluding hydrogens is 875 g/mol. The van der Waals surface area contributed by atoms with Crippen molar-refractivity contribution in [3.05, 3.63) is 36.5 Å². The highest BCUT2D eigenvalue weighted by molar-refractivity contribution is 5.76. The van der Waals surface area contributed by atoms with E-state index in [1.54, 1.807) is 0 Å². The van der Waals surface area contributed by atoms with Crippen LogP contribution in [-0.2, 0) is 14.3 Å². The third kappa shape index (κ3) is 57.2. The molecule has 6 nitrogen and oxygen atoms in total. The maximum absolute atomic E-state index is 12.5. The van der Waals surface area contributed by atoms with E-state index in [1.165, 1.54) is 257 Å². The molecule has 0 aromatic heterocycles. The van der Waals surface area contributed by atoms with Gasteiger partial charge in [-0.1, -0.05) is 281 Å². The second-order valence-electron chi connectivity index (χ2n) is 21.7. The van der Waals surface area contributed by atoms with Crippen LogP contribution in [0.3, 0.4) is 0 Å². The molecule has 0 fully saturated rings. The zero-order valence-electron chi connectivity index (χ0n) is 47.7. The largest absolute Gasteiger partial charge is 0.466 e.